The van der Waals surface area contributed by atoms with Crippen molar-refractivity contribution in [2.75, 3.05) is 5.32 Å². The Morgan fingerprint density at radius 1 is 1.13 bits per heavy atom. The van der Waals surface area contributed by atoms with Crippen LogP contribution in [0.5, 0.6) is 0 Å². The number of nitrogens with one attached hydrogen (secondary N) is 2. The maximum atomic E-state index is 12.8. The molecule has 1 aromatic carbocycles. The van der Waals surface area contributed by atoms with Gasteiger partial charge in [0.15, 0.2) is 5.37 Å². The van der Waals surface area contributed by atoms with Gasteiger partial charge in [-0.15, -0.1) is 0 Å². The first kappa shape index (κ1) is 24.1. The topological polar surface area (TPSA) is 113 Å². The minimum atomic E-state index is -4.31. The quantitative estimate of drug-likeness (QED) is 0.695. The van der Waals surface area contributed by atoms with Crippen molar-refractivity contribution in [3.8, 4) is 0 Å². The van der Waals surface area contributed by atoms with Crippen molar-refractivity contribution in [1.29, 1.82) is 0 Å². The summed E-state index contributed by atoms with van der Waals surface area (Å²) in [7, 11) is -4.31. The van der Waals surface area contributed by atoms with E-state index in [1.165, 1.54) is 0 Å². The SMILES string of the molecule is CC(=O)N1C(=O)CCCC1S(=O)(=O)NC(=O)Nc1c(C(C)C)cc(Cl)cc1C(C)C. The number of piperidine rings is 1. The predicted molar refractivity (Wildman–Crippen MR) is 116 cm³/mol. The summed E-state index contributed by atoms with van der Waals surface area (Å²) in [6.07, 6.45) is 0.490. The second kappa shape index (κ2) is 9.34. The molecular formula is C20H28ClN3O5S. The van der Waals surface area contributed by atoms with Crippen molar-refractivity contribution < 1.29 is 22.8 Å². The lowest BCUT2D eigenvalue weighted by atomic mass is 9.92. The minimum Gasteiger partial charge on any atom is -0.307 e. The van der Waals surface area contributed by atoms with Crippen LogP contribution < -0.4 is 10.0 Å². The van der Waals surface area contributed by atoms with Crippen LogP contribution in [0.2, 0.25) is 5.02 Å². The average Bonchev–Trinajstić information content (AvgIpc) is 2.61. The van der Waals surface area contributed by atoms with Gasteiger partial charge in [0.1, 0.15) is 0 Å². The van der Waals surface area contributed by atoms with Crippen LogP contribution in [0.15, 0.2) is 12.1 Å². The van der Waals surface area contributed by atoms with Crippen LogP contribution in [-0.2, 0) is 19.6 Å². The summed E-state index contributed by atoms with van der Waals surface area (Å²) in [5.74, 6) is -1.18. The Morgan fingerprint density at radius 2 is 1.67 bits per heavy atom. The van der Waals surface area contributed by atoms with E-state index >= 15 is 0 Å². The number of nitrogens with zero attached hydrogens (tertiary/aromatic N) is 1. The largest absolute Gasteiger partial charge is 0.332 e. The van der Waals surface area contributed by atoms with Crippen molar-refractivity contribution in [2.45, 2.75) is 71.1 Å². The number of halogens is 1. The van der Waals surface area contributed by atoms with Gasteiger partial charge in [0.25, 0.3) is 10.0 Å². The van der Waals surface area contributed by atoms with E-state index < -0.39 is 33.2 Å². The zero-order valence-corrected chi connectivity index (χ0v) is 19.4. The van der Waals surface area contributed by atoms with Gasteiger partial charge in [0.2, 0.25) is 11.8 Å². The summed E-state index contributed by atoms with van der Waals surface area (Å²) in [5.41, 5.74) is 2.05. The van der Waals surface area contributed by atoms with Crippen molar-refractivity contribution >= 4 is 45.2 Å². The fourth-order valence-corrected chi connectivity index (χ4v) is 5.25. The third kappa shape index (κ3) is 5.31. The molecule has 1 atom stereocenters. The highest BCUT2D eigenvalue weighted by Crippen LogP contribution is 2.35. The summed E-state index contributed by atoms with van der Waals surface area (Å²) in [4.78, 5) is 37.2. The number of amides is 4. The van der Waals surface area contributed by atoms with E-state index in [-0.39, 0.29) is 24.7 Å². The monoisotopic (exact) mass is 457 g/mol. The summed E-state index contributed by atoms with van der Waals surface area (Å²) in [6.45, 7) is 8.88. The van der Waals surface area contributed by atoms with Gasteiger partial charge in [-0.1, -0.05) is 39.3 Å². The minimum absolute atomic E-state index is 0.0253. The van der Waals surface area contributed by atoms with Crippen LogP contribution in [-0.4, -0.2) is 36.5 Å². The number of likely N-dealkylation sites (tertiary alicyclic amines) is 1. The summed E-state index contributed by atoms with van der Waals surface area (Å²) in [5, 5.41) is 1.75. The van der Waals surface area contributed by atoms with E-state index in [1.54, 1.807) is 12.1 Å². The average molecular weight is 458 g/mol. The summed E-state index contributed by atoms with van der Waals surface area (Å²) in [6, 6.07) is 2.52. The molecule has 0 bridgehead atoms. The summed E-state index contributed by atoms with van der Waals surface area (Å²) >= 11 is 6.22. The fourth-order valence-electron chi connectivity index (χ4n) is 3.55. The first-order valence-corrected chi connectivity index (χ1v) is 11.8. The molecule has 0 spiro atoms. The van der Waals surface area contributed by atoms with Crippen molar-refractivity contribution in [2.24, 2.45) is 0 Å². The van der Waals surface area contributed by atoms with E-state index in [0.717, 1.165) is 18.1 Å². The molecule has 1 aromatic rings. The normalized spacial score (nSPS) is 17.4. The number of rotatable bonds is 5. The van der Waals surface area contributed by atoms with Crippen molar-refractivity contribution in [3.05, 3.63) is 28.3 Å². The lowest BCUT2D eigenvalue weighted by Crippen LogP contribution is -2.54. The van der Waals surface area contributed by atoms with E-state index in [1.807, 2.05) is 32.4 Å². The van der Waals surface area contributed by atoms with Crippen LogP contribution in [0.1, 0.15) is 76.8 Å². The van der Waals surface area contributed by atoms with E-state index in [2.05, 4.69) is 5.32 Å². The number of imide groups is 1. The number of hydrogen-bond donors (Lipinski definition) is 2. The molecule has 166 valence electrons. The van der Waals surface area contributed by atoms with Gasteiger partial charge in [-0.05, 0) is 47.9 Å². The van der Waals surface area contributed by atoms with E-state index in [4.69, 9.17) is 11.6 Å². The smallest absolute Gasteiger partial charge is 0.307 e. The van der Waals surface area contributed by atoms with Gasteiger partial charge in [0.05, 0.1) is 0 Å². The molecule has 4 amide bonds. The zero-order valence-electron chi connectivity index (χ0n) is 17.8. The van der Waals surface area contributed by atoms with E-state index in [0.29, 0.717) is 22.0 Å². The van der Waals surface area contributed by atoms with Crippen molar-refractivity contribution in [3.63, 3.8) is 0 Å². The van der Waals surface area contributed by atoms with Gasteiger partial charge in [-0.25, -0.2) is 17.9 Å². The molecule has 0 aromatic heterocycles. The molecule has 0 radical (unpaired) electrons. The molecule has 1 aliphatic heterocycles. The highest BCUT2D eigenvalue weighted by molar-refractivity contribution is 7.90. The van der Waals surface area contributed by atoms with Gasteiger partial charge in [0, 0.05) is 24.1 Å². The molecule has 2 rings (SSSR count). The second-order valence-electron chi connectivity index (χ2n) is 8.00. The van der Waals surface area contributed by atoms with Gasteiger partial charge in [-0.3, -0.25) is 14.5 Å². The maximum absolute atomic E-state index is 12.8. The van der Waals surface area contributed by atoms with Crippen LogP contribution in [0, 0.1) is 0 Å². The first-order chi connectivity index (χ1) is 13.8. The standard InChI is InChI=1S/C20H28ClN3O5S/c1-11(2)15-9-14(21)10-16(12(3)4)19(15)22-20(27)23-30(28,29)18-8-6-7-17(26)24(18)13(5)25/h9-12,18H,6-8H2,1-5H3,(H2,22,23,27). The molecule has 10 heteroatoms. The third-order valence-electron chi connectivity index (χ3n) is 4.98. The third-order valence-corrected chi connectivity index (χ3v) is 6.83. The number of sulfonamides is 1. The number of anilines is 1. The van der Waals surface area contributed by atoms with Gasteiger partial charge < -0.3 is 5.32 Å². The van der Waals surface area contributed by atoms with Crippen LogP contribution in [0.4, 0.5) is 10.5 Å². The zero-order chi connectivity index (χ0) is 22.8. The molecule has 2 N–H and O–H groups in total. The molecule has 1 heterocycles. The number of hydrogen-bond acceptors (Lipinski definition) is 5. The molecule has 1 saturated heterocycles. The molecule has 0 saturated carbocycles. The van der Waals surface area contributed by atoms with Gasteiger partial charge in [-0.2, -0.15) is 0 Å². The van der Waals surface area contributed by atoms with Gasteiger partial charge >= 0.3 is 6.03 Å². The van der Waals surface area contributed by atoms with Crippen molar-refractivity contribution in [1.82, 2.24) is 9.62 Å². The molecule has 8 nitrogen and oxygen atoms in total. The maximum Gasteiger partial charge on any atom is 0.332 e. The Bertz CT molecular complexity index is 930. The highest BCUT2D eigenvalue weighted by Gasteiger charge is 2.40. The first-order valence-electron chi connectivity index (χ1n) is 9.83. The Hall–Kier alpha value is -2.13. The lowest BCUT2D eigenvalue weighted by molar-refractivity contribution is -0.146. The Labute approximate surface area is 182 Å². The molecule has 0 aliphatic carbocycles. The second-order valence-corrected chi connectivity index (χ2v) is 10.3. The molecular weight excluding hydrogens is 430 g/mol. The van der Waals surface area contributed by atoms with Crippen LogP contribution in [0.25, 0.3) is 0 Å². The highest BCUT2D eigenvalue weighted by atomic mass is 35.5. The number of urea groups is 1. The molecule has 1 unspecified atom stereocenters. The molecule has 1 aliphatic rings. The summed E-state index contributed by atoms with van der Waals surface area (Å²) < 4.78 is 27.6. The Kier molecular flexibility index (Phi) is 7.52. The number of benzene rings is 1. The molecule has 1 fully saturated rings. The Balaban J connectivity index is 2.33. The number of carbonyl (C=O) groups excluding carboxylic acids is 3. The van der Waals surface area contributed by atoms with Crippen LogP contribution in [0.3, 0.4) is 0 Å². The van der Waals surface area contributed by atoms with E-state index in [9.17, 15) is 22.8 Å². The Morgan fingerprint density at radius 3 is 2.13 bits per heavy atom. The lowest BCUT2D eigenvalue weighted by Gasteiger charge is -2.32. The predicted octanol–water partition coefficient (Wildman–Crippen LogP) is 3.92. The number of carbonyl (C=O) groups is 3. The van der Waals surface area contributed by atoms with Crippen LogP contribution >= 0.6 is 11.6 Å². The fraction of sp³-hybridized carbons (Fsp3) is 0.550. The molecule has 30 heavy (non-hydrogen) atoms.